The van der Waals surface area contributed by atoms with E-state index < -0.39 is 0 Å². The number of ketones is 1. The lowest BCUT2D eigenvalue weighted by Crippen LogP contribution is -2.55. The fourth-order valence-electron chi connectivity index (χ4n) is 2.24. The molecule has 2 rings (SSSR count). The molecule has 1 aliphatic rings. The molecule has 19 heavy (non-hydrogen) atoms. The normalized spacial score (nSPS) is 19.6. The van der Waals surface area contributed by atoms with E-state index in [0.717, 1.165) is 5.69 Å². The topological polar surface area (TPSA) is 69.6 Å². The second-order valence-electron chi connectivity index (χ2n) is 4.62. The van der Waals surface area contributed by atoms with Crippen LogP contribution in [0.3, 0.4) is 0 Å². The average Bonchev–Trinajstić information content (AvgIpc) is 2.41. The first-order valence-corrected chi connectivity index (χ1v) is 6.40. The first-order chi connectivity index (χ1) is 9.13. The van der Waals surface area contributed by atoms with Crippen molar-refractivity contribution in [2.45, 2.75) is 19.4 Å². The lowest BCUT2D eigenvalue weighted by molar-refractivity contribution is -0.122. The van der Waals surface area contributed by atoms with Crippen LogP contribution in [0, 0.1) is 0 Å². The van der Waals surface area contributed by atoms with Crippen molar-refractivity contribution in [2.75, 3.05) is 24.6 Å². The van der Waals surface area contributed by atoms with Crippen molar-refractivity contribution in [3.05, 3.63) is 29.8 Å². The summed E-state index contributed by atoms with van der Waals surface area (Å²) in [5.41, 5.74) is 1.34. The molecule has 1 unspecified atom stereocenters. The molecule has 0 saturated carbocycles. The predicted octanol–water partition coefficient (Wildman–Crippen LogP) is 0.576. The molecule has 0 spiro atoms. The third-order valence-electron chi connectivity index (χ3n) is 3.27. The summed E-state index contributed by atoms with van der Waals surface area (Å²) in [6.45, 7) is 2.74. The summed E-state index contributed by atoms with van der Waals surface area (Å²) in [4.78, 5) is 25.3. The van der Waals surface area contributed by atoms with Crippen LogP contribution in [-0.4, -0.2) is 42.5 Å². The van der Waals surface area contributed by atoms with E-state index in [9.17, 15) is 9.59 Å². The number of amides is 1. The van der Waals surface area contributed by atoms with E-state index in [1.54, 1.807) is 23.1 Å². The van der Waals surface area contributed by atoms with Gasteiger partial charge in [0.15, 0.2) is 5.78 Å². The number of aliphatic hydroxyl groups is 1. The number of nitrogens with one attached hydrogen (secondary N) is 1. The number of carbonyl (C=O) groups excluding carboxylic acids is 2. The van der Waals surface area contributed by atoms with E-state index >= 15 is 0 Å². The maximum atomic E-state index is 12.3. The highest BCUT2D eigenvalue weighted by molar-refractivity contribution is 6.00. The van der Waals surface area contributed by atoms with Gasteiger partial charge in [-0.05, 0) is 25.5 Å². The Morgan fingerprint density at radius 2 is 2.32 bits per heavy atom. The summed E-state index contributed by atoms with van der Waals surface area (Å²) >= 11 is 0. The SMILES string of the molecule is CC(=O)c1cccc(N2CCNC(CCO)C2=O)c1. The quantitative estimate of drug-likeness (QED) is 0.779. The van der Waals surface area contributed by atoms with Gasteiger partial charge in [0.1, 0.15) is 0 Å². The zero-order chi connectivity index (χ0) is 13.8. The molecule has 5 heteroatoms. The van der Waals surface area contributed by atoms with E-state index in [-0.39, 0.29) is 24.3 Å². The summed E-state index contributed by atoms with van der Waals surface area (Å²) in [6, 6.07) is 6.74. The largest absolute Gasteiger partial charge is 0.396 e. The summed E-state index contributed by atoms with van der Waals surface area (Å²) in [5, 5.41) is 12.0. The van der Waals surface area contributed by atoms with Crippen LogP contribution in [-0.2, 0) is 4.79 Å². The van der Waals surface area contributed by atoms with Crippen LogP contribution in [0.25, 0.3) is 0 Å². The van der Waals surface area contributed by atoms with Crippen molar-refractivity contribution in [2.24, 2.45) is 0 Å². The van der Waals surface area contributed by atoms with E-state index in [2.05, 4.69) is 5.32 Å². The van der Waals surface area contributed by atoms with Crippen LogP contribution >= 0.6 is 0 Å². The van der Waals surface area contributed by atoms with Crippen LogP contribution < -0.4 is 10.2 Å². The maximum Gasteiger partial charge on any atom is 0.244 e. The van der Waals surface area contributed by atoms with E-state index in [1.165, 1.54) is 6.92 Å². The number of aliphatic hydroxyl groups excluding tert-OH is 1. The predicted molar refractivity (Wildman–Crippen MR) is 72.3 cm³/mol. The molecule has 5 nitrogen and oxygen atoms in total. The van der Waals surface area contributed by atoms with Crippen LogP contribution in [0.5, 0.6) is 0 Å². The summed E-state index contributed by atoms with van der Waals surface area (Å²) in [5.74, 6) is -0.0719. The minimum Gasteiger partial charge on any atom is -0.396 e. The number of hydrogen-bond donors (Lipinski definition) is 2. The first-order valence-electron chi connectivity index (χ1n) is 6.40. The lowest BCUT2D eigenvalue weighted by Gasteiger charge is -2.33. The van der Waals surface area contributed by atoms with Crippen LogP contribution in [0.15, 0.2) is 24.3 Å². The summed E-state index contributed by atoms with van der Waals surface area (Å²) in [7, 11) is 0. The lowest BCUT2D eigenvalue weighted by atomic mass is 10.1. The molecule has 1 amide bonds. The molecule has 1 fully saturated rings. The van der Waals surface area contributed by atoms with Gasteiger partial charge >= 0.3 is 0 Å². The minimum absolute atomic E-state index is 0.0173. The molecular formula is C14H18N2O3. The van der Waals surface area contributed by atoms with Crippen molar-refractivity contribution in [3.8, 4) is 0 Å². The molecule has 102 valence electrons. The number of benzene rings is 1. The Morgan fingerprint density at radius 3 is 3.00 bits per heavy atom. The Hall–Kier alpha value is -1.72. The molecule has 1 aromatic carbocycles. The molecule has 1 atom stereocenters. The Morgan fingerprint density at radius 1 is 1.53 bits per heavy atom. The fraction of sp³-hybridized carbons (Fsp3) is 0.429. The molecule has 0 bridgehead atoms. The van der Waals surface area contributed by atoms with Gasteiger partial charge in [-0.2, -0.15) is 0 Å². The second-order valence-corrected chi connectivity index (χ2v) is 4.62. The van der Waals surface area contributed by atoms with Gasteiger partial charge in [-0.15, -0.1) is 0 Å². The third-order valence-corrected chi connectivity index (χ3v) is 3.27. The first kappa shape index (κ1) is 13.7. The maximum absolute atomic E-state index is 12.3. The number of carbonyl (C=O) groups is 2. The van der Waals surface area contributed by atoms with Crippen molar-refractivity contribution < 1.29 is 14.7 Å². The molecule has 1 aliphatic heterocycles. The highest BCUT2D eigenvalue weighted by atomic mass is 16.3. The average molecular weight is 262 g/mol. The molecule has 0 radical (unpaired) electrons. The number of nitrogens with zero attached hydrogens (tertiary/aromatic N) is 1. The number of Topliss-reactive ketones (excluding diaryl/α,β-unsaturated/α-hetero) is 1. The van der Waals surface area contributed by atoms with Gasteiger partial charge in [-0.25, -0.2) is 0 Å². The Balaban J connectivity index is 2.23. The minimum atomic E-state index is -0.347. The Bertz CT molecular complexity index is 485. The van der Waals surface area contributed by atoms with Gasteiger partial charge in [0, 0.05) is 30.9 Å². The molecule has 0 aromatic heterocycles. The van der Waals surface area contributed by atoms with E-state index in [1.807, 2.05) is 6.07 Å². The Labute approximate surface area is 112 Å². The van der Waals surface area contributed by atoms with Crippen LogP contribution in [0.1, 0.15) is 23.7 Å². The Kier molecular flexibility index (Phi) is 4.29. The smallest absolute Gasteiger partial charge is 0.244 e. The highest BCUT2D eigenvalue weighted by Gasteiger charge is 2.28. The van der Waals surface area contributed by atoms with Crippen molar-refractivity contribution in [3.63, 3.8) is 0 Å². The van der Waals surface area contributed by atoms with Crippen molar-refractivity contribution in [1.82, 2.24) is 5.32 Å². The highest BCUT2D eigenvalue weighted by Crippen LogP contribution is 2.19. The second kappa shape index (κ2) is 5.95. The summed E-state index contributed by atoms with van der Waals surface area (Å²) in [6.07, 6.45) is 0.404. The monoisotopic (exact) mass is 262 g/mol. The van der Waals surface area contributed by atoms with E-state index in [4.69, 9.17) is 5.11 Å². The third kappa shape index (κ3) is 3.00. The number of anilines is 1. The van der Waals surface area contributed by atoms with Gasteiger partial charge < -0.3 is 15.3 Å². The zero-order valence-corrected chi connectivity index (χ0v) is 10.9. The van der Waals surface area contributed by atoms with Gasteiger partial charge in [-0.1, -0.05) is 12.1 Å². The number of piperazine rings is 1. The molecule has 0 aliphatic carbocycles. The molecule has 1 heterocycles. The van der Waals surface area contributed by atoms with Gasteiger partial charge in [0.2, 0.25) is 5.91 Å². The number of hydrogen-bond acceptors (Lipinski definition) is 4. The van der Waals surface area contributed by atoms with Crippen LogP contribution in [0.2, 0.25) is 0 Å². The fourth-order valence-corrected chi connectivity index (χ4v) is 2.24. The van der Waals surface area contributed by atoms with Gasteiger partial charge in [-0.3, -0.25) is 9.59 Å². The zero-order valence-electron chi connectivity index (χ0n) is 10.9. The van der Waals surface area contributed by atoms with Gasteiger partial charge in [0.05, 0.1) is 6.04 Å². The van der Waals surface area contributed by atoms with Crippen molar-refractivity contribution in [1.29, 1.82) is 0 Å². The van der Waals surface area contributed by atoms with Crippen molar-refractivity contribution >= 4 is 17.4 Å². The molecule has 1 saturated heterocycles. The van der Waals surface area contributed by atoms with Crippen LogP contribution in [0.4, 0.5) is 5.69 Å². The van der Waals surface area contributed by atoms with Gasteiger partial charge in [0.25, 0.3) is 0 Å². The molecular weight excluding hydrogens is 244 g/mol. The molecule has 2 N–H and O–H groups in total. The standard InChI is InChI=1S/C14H18N2O3/c1-10(18)11-3-2-4-12(9-11)16-7-6-15-13(5-8-17)14(16)19/h2-4,9,13,15,17H,5-8H2,1H3. The number of rotatable bonds is 4. The molecule has 1 aromatic rings. The van der Waals surface area contributed by atoms with E-state index in [0.29, 0.717) is 25.1 Å². The summed E-state index contributed by atoms with van der Waals surface area (Å²) < 4.78 is 0.